The van der Waals surface area contributed by atoms with Gasteiger partial charge in [0, 0.05) is 6.61 Å². The summed E-state index contributed by atoms with van der Waals surface area (Å²) in [6.45, 7) is 2.65. The lowest BCUT2D eigenvalue weighted by Crippen LogP contribution is -1.83. The Bertz CT molecular complexity index is 293. The van der Waals surface area contributed by atoms with E-state index in [1.54, 1.807) is 0 Å². The van der Waals surface area contributed by atoms with E-state index in [9.17, 15) is 0 Å². The number of aliphatic hydroxyl groups is 1. The molecule has 0 amide bonds. The van der Waals surface area contributed by atoms with Crippen LogP contribution in [0.25, 0.3) is 0 Å². The Morgan fingerprint density at radius 3 is 1.19 bits per heavy atom. The van der Waals surface area contributed by atoms with Crippen LogP contribution in [0.3, 0.4) is 0 Å². The minimum atomic E-state index is 0.359. The third kappa shape index (κ3) is 23.4. The third-order valence-corrected chi connectivity index (χ3v) is 5.14. The summed E-state index contributed by atoms with van der Waals surface area (Å²) in [7, 11) is 0. The summed E-state index contributed by atoms with van der Waals surface area (Å²) in [5, 5.41) is 8.72. The van der Waals surface area contributed by atoms with Crippen molar-refractivity contribution in [2.45, 2.75) is 129 Å². The van der Waals surface area contributed by atoms with Gasteiger partial charge in [0.25, 0.3) is 0 Å². The standard InChI is InChI=1S/C25H48O/c1-2-3-4-5-6-7-8-9-10-11-12-13-14-15-16-17-18-19-20-21-22-23-24-25-26/h13-16,26H,2-12,17-25H2,1H3/b14-13+,16-15+. The molecule has 0 spiro atoms. The third-order valence-electron chi connectivity index (χ3n) is 5.14. The molecule has 0 aliphatic carbocycles. The molecule has 0 unspecified atom stereocenters. The van der Waals surface area contributed by atoms with Gasteiger partial charge in [-0.25, -0.2) is 0 Å². The summed E-state index contributed by atoms with van der Waals surface area (Å²) in [5.74, 6) is 0. The van der Waals surface area contributed by atoms with Gasteiger partial charge < -0.3 is 5.11 Å². The van der Waals surface area contributed by atoms with Crippen LogP contribution >= 0.6 is 0 Å². The molecule has 26 heavy (non-hydrogen) atoms. The molecule has 1 nitrogen and oxygen atoms in total. The summed E-state index contributed by atoms with van der Waals surface area (Å²) in [6, 6.07) is 0. The summed E-state index contributed by atoms with van der Waals surface area (Å²) in [4.78, 5) is 0. The lowest BCUT2D eigenvalue weighted by molar-refractivity contribution is 0.282. The highest BCUT2D eigenvalue weighted by Crippen LogP contribution is 2.11. The highest BCUT2D eigenvalue weighted by atomic mass is 16.2. The van der Waals surface area contributed by atoms with Gasteiger partial charge in [0.15, 0.2) is 0 Å². The highest BCUT2D eigenvalue weighted by Gasteiger charge is 1.92. The molecule has 0 atom stereocenters. The summed E-state index contributed by atoms with van der Waals surface area (Å²) in [6.07, 6.45) is 34.6. The molecule has 1 heteroatoms. The normalized spacial score (nSPS) is 11.9. The van der Waals surface area contributed by atoms with Gasteiger partial charge in [-0.05, 0) is 32.1 Å². The van der Waals surface area contributed by atoms with E-state index in [-0.39, 0.29) is 0 Å². The van der Waals surface area contributed by atoms with Gasteiger partial charge in [-0.15, -0.1) is 0 Å². The van der Waals surface area contributed by atoms with Gasteiger partial charge >= 0.3 is 0 Å². The maximum Gasteiger partial charge on any atom is 0.0431 e. The summed E-state index contributed by atoms with van der Waals surface area (Å²) >= 11 is 0. The van der Waals surface area contributed by atoms with Crippen LogP contribution in [0.15, 0.2) is 24.3 Å². The second-order valence-corrected chi connectivity index (χ2v) is 7.81. The molecule has 0 rings (SSSR count). The van der Waals surface area contributed by atoms with E-state index in [0.29, 0.717) is 6.61 Å². The molecule has 0 saturated carbocycles. The molecule has 0 radical (unpaired) electrons. The fourth-order valence-corrected chi connectivity index (χ4v) is 3.36. The molecule has 0 aliphatic rings. The van der Waals surface area contributed by atoms with Crippen LogP contribution in [-0.4, -0.2) is 11.7 Å². The van der Waals surface area contributed by atoms with E-state index in [2.05, 4.69) is 31.2 Å². The lowest BCUT2D eigenvalue weighted by Gasteiger charge is -2.01. The molecular formula is C25H48O. The molecule has 0 heterocycles. The molecule has 0 aromatic carbocycles. The first kappa shape index (κ1) is 25.4. The molecule has 154 valence electrons. The van der Waals surface area contributed by atoms with Crippen LogP contribution in [0.5, 0.6) is 0 Å². The number of unbranched alkanes of at least 4 members (excludes halogenated alkanes) is 17. The number of rotatable bonds is 21. The van der Waals surface area contributed by atoms with Crippen LogP contribution in [-0.2, 0) is 0 Å². The van der Waals surface area contributed by atoms with Gasteiger partial charge in [-0.2, -0.15) is 0 Å². The van der Waals surface area contributed by atoms with Crippen molar-refractivity contribution < 1.29 is 5.11 Å². The van der Waals surface area contributed by atoms with Crippen LogP contribution in [0, 0.1) is 0 Å². The second-order valence-electron chi connectivity index (χ2n) is 7.81. The van der Waals surface area contributed by atoms with Crippen molar-refractivity contribution in [1.82, 2.24) is 0 Å². The fraction of sp³-hybridized carbons (Fsp3) is 0.840. The average Bonchev–Trinajstić information content (AvgIpc) is 2.66. The monoisotopic (exact) mass is 364 g/mol. The van der Waals surface area contributed by atoms with E-state index >= 15 is 0 Å². The van der Waals surface area contributed by atoms with E-state index in [4.69, 9.17) is 5.11 Å². The van der Waals surface area contributed by atoms with Crippen LogP contribution < -0.4 is 0 Å². The Labute approximate surface area is 165 Å². The Hall–Kier alpha value is -0.560. The first-order valence-corrected chi connectivity index (χ1v) is 11.8. The Kier molecular flexibility index (Phi) is 23.9. The molecule has 0 bridgehead atoms. The zero-order chi connectivity index (χ0) is 19.0. The fourth-order valence-electron chi connectivity index (χ4n) is 3.36. The zero-order valence-corrected chi connectivity index (χ0v) is 17.9. The largest absolute Gasteiger partial charge is 0.396 e. The van der Waals surface area contributed by atoms with Crippen LogP contribution in [0.2, 0.25) is 0 Å². The lowest BCUT2D eigenvalue weighted by atomic mass is 10.1. The van der Waals surface area contributed by atoms with E-state index < -0.39 is 0 Å². The van der Waals surface area contributed by atoms with Crippen molar-refractivity contribution >= 4 is 0 Å². The Morgan fingerprint density at radius 2 is 0.808 bits per heavy atom. The SMILES string of the molecule is CCCCCCCCCCCC/C=C/C=C/CCCCCCCCCO. The first-order valence-electron chi connectivity index (χ1n) is 11.8. The molecule has 0 aromatic heterocycles. The van der Waals surface area contributed by atoms with Crippen LogP contribution in [0.1, 0.15) is 129 Å². The average molecular weight is 365 g/mol. The first-order chi connectivity index (χ1) is 12.9. The van der Waals surface area contributed by atoms with Crippen LogP contribution in [0.4, 0.5) is 0 Å². The number of allylic oxidation sites excluding steroid dienone is 4. The Morgan fingerprint density at radius 1 is 0.462 bits per heavy atom. The van der Waals surface area contributed by atoms with Gasteiger partial charge in [0.2, 0.25) is 0 Å². The number of aliphatic hydroxyl groups excluding tert-OH is 1. The van der Waals surface area contributed by atoms with E-state index in [1.165, 1.54) is 116 Å². The molecular weight excluding hydrogens is 316 g/mol. The maximum absolute atomic E-state index is 8.72. The van der Waals surface area contributed by atoms with Crippen molar-refractivity contribution in [3.8, 4) is 0 Å². The predicted octanol–water partition coefficient (Wildman–Crippen LogP) is 8.52. The molecule has 0 saturated heterocycles. The number of hydrogen-bond donors (Lipinski definition) is 1. The minimum absolute atomic E-state index is 0.359. The van der Waals surface area contributed by atoms with Gasteiger partial charge in [-0.1, -0.05) is 121 Å². The van der Waals surface area contributed by atoms with Crippen molar-refractivity contribution in [2.24, 2.45) is 0 Å². The van der Waals surface area contributed by atoms with Crippen molar-refractivity contribution in [3.05, 3.63) is 24.3 Å². The highest BCUT2D eigenvalue weighted by molar-refractivity contribution is 5.02. The molecule has 1 N–H and O–H groups in total. The molecule has 0 aromatic rings. The van der Waals surface area contributed by atoms with E-state index in [0.717, 1.165) is 6.42 Å². The summed E-state index contributed by atoms with van der Waals surface area (Å²) < 4.78 is 0. The summed E-state index contributed by atoms with van der Waals surface area (Å²) in [5.41, 5.74) is 0. The quantitative estimate of drug-likeness (QED) is 0.160. The van der Waals surface area contributed by atoms with Gasteiger partial charge in [-0.3, -0.25) is 0 Å². The molecule has 0 fully saturated rings. The zero-order valence-electron chi connectivity index (χ0n) is 17.9. The smallest absolute Gasteiger partial charge is 0.0431 e. The second kappa shape index (κ2) is 24.4. The van der Waals surface area contributed by atoms with Gasteiger partial charge in [0.05, 0.1) is 0 Å². The Balaban J connectivity index is 3.14. The van der Waals surface area contributed by atoms with Crippen molar-refractivity contribution in [3.63, 3.8) is 0 Å². The predicted molar refractivity (Wildman–Crippen MR) is 119 cm³/mol. The minimum Gasteiger partial charge on any atom is -0.396 e. The molecule has 0 aliphatic heterocycles. The van der Waals surface area contributed by atoms with Crippen molar-refractivity contribution in [1.29, 1.82) is 0 Å². The van der Waals surface area contributed by atoms with Crippen molar-refractivity contribution in [2.75, 3.05) is 6.61 Å². The maximum atomic E-state index is 8.72. The van der Waals surface area contributed by atoms with E-state index in [1.807, 2.05) is 0 Å². The topological polar surface area (TPSA) is 20.2 Å². The van der Waals surface area contributed by atoms with Gasteiger partial charge in [0.1, 0.15) is 0 Å². The number of hydrogen-bond acceptors (Lipinski definition) is 1.